The second kappa shape index (κ2) is 11.6. The minimum absolute atomic E-state index is 0.0239. The lowest BCUT2D eigenvalue weighted by molar-refractivity contribution is -0.136. The molecule has 3 amide bonds. The monoisotopic (exact) mass is 450 g/mol. The molecule has 3 rings (SSSR count). The molecule has 33 heavy (non-hydrogen) atoms. The molecule has 1 atom stereocenters. The number of nitrogens with one attached hydrogen (secondary N) is 2. The summed E-state index contributed by atoms with van der Waals surface area (Å²) in [4.78, 5) is 42.1. The Morgan fingerprint density at radius 3 is 2.18 bits per heavy atom. The number of carbonyl (C=O) groups is 3. The zero-order valence-corrected chi connectivity index (χ0v) is 19.7. The molecule has 1 aliphatic rings. The number of aryl methyl sites for hydroxylation is 1. The summed E-state index contributed by atoms with van der Waals surface area (Å²) in [5.74, 6) is -0.356. The van der Waals surface area contributed by atoms with E-state index in [-0.39, 0.29) is 23.6 Å². The van der Waals surface area contributed by atoms with Gasteiger partial charge in [-0.25, -0.2) is 0 Å². The van der Waals surface area contributed by atoms with E-state index >= 15 is 0 Å². The largest absolute Gasteiger partial charge is 0.351 e. The molecule has 0 bridgehead atoms. The molecule has 2 aromatic rings. The van der Waals surface area contributed by atoms with Crippen LogP contribution in [0, 0.1) is 12.8 Å². The van der Waals surface area contributed by atoms with Gasteiger partial charge in [0.2, 0.25) is 11.8 Å². The van der Waals surface area contributed by atoms with E-state index in [0.29, 0.717) is 44.8 Å². The molecule has 176 valence electrons. The maximum absolute atomic E-state index is 13.2. The van der Waals surface area contributed by atoms with Crippen molar-refractivity contribution in [2.24, 2.45) is 5.92 Å². The van der Waals surface area contributed by atoms with Crippen molar-refractivity contribution in [2.45, 2.75) is 33.4 Å². The van der Waals surface area contributed by atoms with Crippen molar-refractivity contribution in [1.29, 1.82) is 0 Å². The van der Waals surface area contributed by atoms with Crippen LogP contribution in [-0.2, 0) is 16.1 Å². The molecule has 2 aromatic carbocycles. The first-order chi connectivity index (χ1) is 15.8. The van der Waals surface area contributed by atoms with Gasteiger partial charge in [-0.1, -0.05) is 62.4 Å². The predicted molar refractivity (Wildman–Crippen MR) is 129 cm³/mol. The highest BCUT2D eigenvalue weighted by molar-refractivity contribution is 5.98. The Balaban J connectivity index is 1.48. The van der Waals surface area contributed by atoms with E-state index in [2.05, 4.69) is 15.5 Å². The van der Waals surface area contributed by atoms with E-state index < -0.39 is 6.04 Å². The summed E-state index contributed by atoms with van der Waals surface area (Å²) in [5.41, 5.74) is 2.53. The molecular formula is C26H34N4O3. The minimum atomic E-state index is -0.585. The Labute approximate surface area is 196 Å². The zero-order valence-electron chi connectivity index (χ0n) is 19.7. The molecule has 1 fully saturated rings. The number of amides is 3. The molecule has 1 saturated heterocycles. The molecular weight excluding hydrogens is 416 g/mol. The highest BCUT2D eigenvalue weighted by atomic mass is 16.2. The zero-order chi connectivity index (χ0) is 23.8. The molecule has 0 radical (unpaired) electrons. The number of piperazine rings is 1. The molecule has 7 nitrogen and oxygen atoms in total. The van der Waals surface area contributed by atoms with E-state index in [4.69, 9.17) is 0 Å². The van der Waals surface area contributed by atoms with Crippen molar-refractivity contribution in [3.63, 3.8) is 0 Å². The number of nitrogens with zero attached hydrogens (tertiary/aromatic N) is 2. The summed E-state index contributed by atoms with van der Waals surface area (Å²) >= 11 is 0. The van der Waals surface area contributed by atoms with Crippen LogP contribution in [0.5, 0.6) is 0 Å². The van der Waals surface area contributed by atoms with Gasteiger partial charge < -0.3 is 15.5 Å². The highest BCUT2D eigenvalue weighted by Crippen LogP contribution is 2.13. The van der Waals surface area contributed by atoms with Crippen LogP contribution in [0.25, 0.3) is 0 Å². The lowest BCUT2D eigenvalue weighted by Gasteiger charge is -2.37. The van der Waals surface area contributed by atoms with Gasteiger partial charge in [0.05, 0.1) is 6.54 Å². The fourth-order valence-corrected chi connectivity index (χ4v) is 3.94. The number of hydrogen-bond acceptors (Lipinski definition) is 4. The fourth-order valence-electron chi connectivity index (χ4n) is 3.94. The fraction of sp³-hybridized carbons (Fsp3) is 0.423. The van der Waals surface area contributed by atoms with E-state index in [1.165, 1.54) is 0 Å². The summed E-state index contributed by atoms with van der Waals surface area (Å²) in [7, 11) is 0. The Kier molecular flexibility index (Phi) is 8.60. The number of carbonyl (C=O) groups excluding carboxylic acids is 3. The van der Waals surface area contributed by atoms with Crippen LogP contribution >= 0.6 is 0 Å². The normalized spacial score (nSPS) is 15.2. The third-order valence-corrected chi connectivity index (χ3v) is 5.99. The Bertz CT molecular complexity index is 953. The first-order valence-electron chi connectivity index (χ1n) is 11.5. The Hall–Kier alpha value is -3.19. The summed E-state index contributed by atoms with van der Waals surface area (Å²) in [6, 6.07) is 16.6. The minimum Gasteiger partial charge on any atom is -0.351 e. The van der Waals surface area contributed by atoms with Gasteiger partial charge in [0.1, 0.15) is 6.04 Å². The Morgan fingerprint density at radius 2 is 1.55 bits per heavy atom. The lowest BCUT2D eigenvalue weighted by Crippen LogP contribution is -2.57. The lowest BCUT2D eigenvalue weighted by atomic mass is 10.0. The topological polar surface area (TPSA) is 81.8 Å². The quantitative estimate of drug-likeness (QED) is 0.646. The van der Waals surface area contributed by atoms with E-state index in [0.717, 1.165) is 11.1 Å². The summed E-state index contributed by atoms with van der Waals surface area (Å²) in [6.45, 7) is 8.91. The van der Waals surface area contributed by atoms with Gasteiger partial charge in [-0.2, -0.15) is 0 Å². The maximum Gasteiger partial charge on any atom is 0.252 e. The van der Waals surface area contributed by atoms with Crippen LogP contribution in [0.1, 0.15) is 35.3 Å². The first kappa shape index (κ1) is 24.5. The molecule has 0 aliphatic carbocycles. The number of benzene rings is 2. The average Bonchev–Trinajstić information content (AvgIpc) is 2.82. The third kappa shape index (κ3) is 6.89. The van der Waals surface area contributed by atoms with Gasteiger partial charge in [0.15, 0.2) is 0 Å². The van der Waals surface area contributed by atoms with Gasteiger partial charge in [-0.15, -0.1) is 0 Å². The molecule has 0 spiro atoms. The van der Waals surface area contributed by atoms with Gasteiger partial charge >= 0.3 is 0 Å². The Morgan fingerprint density at radius 1 is 0.909 bits per heavy atom. The van der Waals surface area contributed by atoms with Crippen molar-refractivity contribution in [1.82, 2.24) is 20.4 Å². The number of rotatable bonds is 8. The van der Waals surface area contributed by atoms with Crippen molar-refractivity contribution in [3.8, 4) is 0 Å². The molecule has 0 saturated carbocycles. The van der Waals surface area contributed by atoms with E-state index in [9.17, 15) is 14.4 Å². The van der Waals surface area contributed by atoms with Crippen LogP contribution in [0.4, 0.5) is 0 Å². The van der Waals surface area contributed by atoms with Crippen molar-refractivity contribution in [2.75, 3.05) is 32.7 Å². The van der Waals surface area contributed by atoms with E-state index in [1.807, 2.05) is 69.3 Å². The maximum atomic E-state index is 13.2. The SMILES string of the molecule is Cc1ccccc1C(=O)NC(C(=O)N1CCN(CC(=O)NCc2ccccc2)CC1)C(C)C. The third-order valence-electron chi connectivity index (χ3n) is 5.99. The molecule has 0 aromatic heterocycles. The van der Waals surface area contributed by atoms with Gasteiger partial charge in [-0.3, -0.25) is 19.3 Å². The highest BCUT2D eigenvalue weighted by Gasteiger charge is 2.31. The average molecular weight is 451 g/mol. The van der Waals surface area contributed by atoms with Gasteiger partial charge in [0, 0.05) is 38.3 Å². The molecule has 1 aliphatic heterocycles. The van der Waals surface area contributed by atoms with Crippen molar-refractivity contribution < 1.29 is 14.4 Å². The standard InChI is InChI=1S/C26H34N4O3/c1-19(2)24(28-25(32)22-12-8-7-9-20(22)3)26(33)30-15-13-29(14-16-30)18-23(31)27-17-21-10-5-4-6-11-21/h4-12,19,24H,13-18H2,1-3H3,(H,27,31)(H,28,32). The second-order valence-corrected chi connectivity index (χ2v) is 8.87. The van der Waals surface area contributed by atoms with Crippen LogP contribution < -0.4 is 10.6 Å². The van der Waals surface area contributed by atoms with Crippen LogP contribution in [-0.4, -0.2) is 66.3 Å². The second-order valence-electron chi connectivity index (χ2n) is 8.87. The smallest absolute Gasteiger partial charge is 0.252 e. The molecule has 2 N–H and O–H groups in total. The predicted octanol–water partition coefficient (Wildman–Crippen LogP) is 2.21. The van der Waals surface area contributed by atoms with Crippen LogP contribution in [0.3, 0.4) is 0 Å². The summed E-state index contributed by atoms with van der Waals surface area (Å²) in [6.07, 6.45) is 0. The van der Waals surface area contributed by atoms with Gasteiger partial charge in [-0.05, 0) is 30.0 Å². The number of hydrogen-bond donors (Lipinski definition) is 2. The van der Waals surface area contributed by atoms with Crippen molar-refractivity contribution >= 4 is 17.7 Å². The molecule has 1 unspecified atom stereocenters. The van der Waals surface area contributed by atoms with Crippen LogP contribution in [0.2, 0.25) is 0 Å². The summed E-state index contributed by atoms with van der Waals surface area (Å²) in [5, 5.41) is 5.88. The molecule has 7 heteroatoms. The summed E-state index contributed by atoms with van der Waals surface area (Å²) < 4.78 is 0. The molecule has 1 heterocycles. The van der Waals surface area contributed by atoms with Crippen LogP contribution in [0.15, 0.2) is 54.6 Å². The van der Waals surface area contributed by atoms with Gasteiger partial charge in [0.25, 0.3) is 5.91 Å². The van der Waals surface area contributed by atoms with Crippen molar-refractivity contribution in [3.05, 3.63) is 71.3 Å². The first-order valence-corrected chi connectivity index (χ1v) is 11.5. The van der Waals surface area contributed by atoms with E-state index in [1.54, 1.807) is 11.0 Å².